The molecule has 1 saturated heterocycles. The number of nitriles is 1. The minimum absolute atomic E-state index is 0.0373. The molecular weight excluding hydrogens is 677 g/mol. The third-order valence-electron chi connectivity index (χ3n) is 8.15. The monoisotopic (exact) mass is 706 g/mol. The van der Waals surface area contributed by atoms with E-state index >= 15 is 0 Å². The van der Waals surface area contributed by atoms with Gasteiger partial charge in [-0.1, -0.05) is 30.3 Å². The molecular formula is C35H29F3N4O7S. The zero-order valence-electron chi connectivity index (χ0n) is 26.4. The lowest BCUT2D eigenvalue weighted by atomic mass is 9.85. The average Bonchev–Trinajstić information content (AvgIpc) is 3.36. The molecule has 2 amide bonds. The maximum atomic E-state index is 15.0. The van der Waals surface area contributed by atoms with Crippen LogP contribution in [0, 0.1) is 11.3 Å². The summed E-state index contributed by atoms with van der Waals surface area (Å²) in [5.74, 6) is -2.58. The van der Waals surface area contributed by atoms with Gasteiger partial charge in [0.15, 0.2) is 0 Å². The number of halogens is 3. The van der Waals surface area contributed by atoms with Crippen molar-refractivity contribution in [3.05, 3.63) is 113 Å². The van der Waals surface area contributed by atoms with Crippen LogP contribution < -0.4 is 23.8 Å². The number of para-hydroxylation sites is 2. The summed E-state index contributed by atoms with van der Waals surface area (Å²) in [7, 11) is -4.85. The van der Waals surface area contributed by atoms with Crippen molar-refractivity contribution in [3.63, 3.8) is 0 Å². The fourth-order valence-electron chi connectivity index (χ4n) is 5.99. The van der Waals surface area contributed by atoms with Crippen LogP contribution in [0.3, 0.4) is 0 Å². The first-order valence-corrected chi connectivity index (χ1v) is 16.8. The van der Waals surface area contributed by atoms with Crippen LogP contribution in [0.4, 0.5) is 18.9 Å². The maximum absolute atomic E-state index is 15.0. The molecule has 0 spiro atoms. The van der Waals surface area contributed by atoms with Gasteiger partial charge in [-0.3, -0.25) is 9.59 Å². The average molecular weight is 707 g/mol. The molecule has 50 heavy (non-hydrogen) atoms. The molecule has 2 aliphatic rings. The van der Waals surface area contributed by atoms with E-state index in [2.05, 4.69) is 10.1 Å². The molecule has 0 bridgehead atoms. The van der Waals surface area contributed by atoms with E-state index in [1.165, 1.54) is 78.9 Å². The summed E-state index contributed by atoms with van der Waals surface area (Å²) < 4.78 is 87.1. The van der Waals surface area contributed by atoms with Crippen molar-refractivity contribution in [2.24, 2.45) is 0 Å². The molecule has 4 aromatic rings. The van der Waals surface area contributed by atoms with Crippen molar-refractivity contribution in [2.75, 3.05) is 37.1 Å². The largest absolute Gasteiger partial charge is 0.573 e. The van der Waals surface area contributed by atoms with Crippen molar-refractivity contribution >= 4 is 27.5 Å². The van der Waals surface area contributed by atoms with Gasteiger partial charge < -0.3 is 24.4 Å². The number of hydrogen-bond acceptors (Lipinski definition) is 9. The van der Waals surface area contributed by atoms with Crippen molar-refractivity contribution < 1.29 is 45.4 Å². The van der Waals surface area contributed by atoms with Gasteiger partial charge in [0.05, 0.1) is 29.5 Å². The molecule has 2 aliphatic heterocycles. The van der Waals surface area contributed by atoms with E-state index in [9.17, 15) is 36.4 Å². The number of rotatable bonds is 9. The topological polar surface area (TPSA) is 138 Å². The number of anilines is 1. The number of carbonyl (C=O) groups is 2. The molecule has 11 nitrogen and oxygen atoms in total. The Bertz CT molecular complexity index is 2100. The summed E-state index contributed by atoms with van der Waals surface area (Å²) in [6, 6.07) is 21.5. The van der Waals surface area contributed by atoms with Gasteiger partial charge in [0.25, 0.3) is 21.8 Å². The number of carbonyl (C=O) groups excluding carboxylic acids is 2. The number of amides is 2. The van der Waals surface area contributed by atoms with Crippen molar-refractivity contribution in [1.82, 2.24) is 10.2 Å². The highest BCUT2D eigenvalue weighted by molar-refractivity contribution is 7.93. The Morgan fingerprint density at radius 2 is 1.60 bits per heavy atom. The molecule has 2 heterocycles. The van der Waals surface area contributed by atoms with Gasteiger partial charge in [-0.25, -0.2) is 8.42 Å². The predicted molar refractivity (Wildman–Crippen MR) is 173 cm³/mol. The van der Waals surface area contributed by atoms with Crippen LogP contribution in [0.25, 0.3) is 0 Å². The van der Waals surface area contributed by atoms with Crippen LogP contribution in [0.1, 0.15) is 34.0 Å². The van der Waals surface area contributed by atoms with Gasteiger partial charge in [-0.15, -0.1) is 13.2 Å². The summed E-state index contributed by atoms with van der Waals surface area (Å²) in [6.07, 6.45) is -5.22. The Labute approximate surface area is 285 Å². The zero-order chi connectivity index (χ0) is 35.7. The Kier molecular flexibility index (Phi) is 9.17. The molecule has 1 atom stereocenters. The van der Waals surface area contributed by atoms with Crippen molar-refractivity contribution in [1.29, 1.82) is 5.26 Å². The van der Waals surface area contributed by atoms with Gasteiger partial charge in [0.1, 0.15) is 22.1 Å². The lowest BCUT2D eigenvalue weighted by Crippen LogP contribution is -2.48. The molecule has 0 aromatic heterocycles. The molecule has 4 aromatic carbocycles. The van der Waals surface area contributed by atoms with E-state index in [0.717, 1.165) is 12.1 Å². The number of fused-ring (bicyclic) bond motifs is 1. The van der Waals surface area contributed by atoms with Crippen LogP contribution in [0.5, 0.6) is 17.2 Å². The predicted octanol–water partition coefficient (Wildman–Crippen LogP) is 4.96. The summed E-state index contributed by atoms with van der Waals surface area (Å²) in [4.78, 5) is 29.4. The normalized spacial score (nSPS) is 17.5. The summed E-state index contributed by atoms with van der Waals surface area (Å²) in [6.45, 7) is 3.94. The number of benzene rings is 4. The van der Waals surface area contributed by atoms with Crippen LogP contribution in [-0.4, -0.2) is 64.3 Å². The quantitative estimate of drug-likeness (QED) is 0.256. The molecule has 1 fully saturated rings. The summed E-state index contributed by atoms with van der Waals surface area (Å²) in [5.41, 5.74) is -3.40. The van der Waals surface area contributed by atoms with Crippen molar-refractivity contribution in [2.45, 2.75) is 23.8 Å². The second kappa shape index (κ2) is 13.4. The number of ether oxygens (including phenoxy) is 3. The van der Waals surface area contributed by atoms with Crippen LogP contribution in [0.2, 0.25) is 0 Å². The summed E-state index contributed by atoms with van der Waals surface area (Å²) >= 11 is 0. The van der Waals surface area contributed by atoms with Gasteiger partial charge in [0, 0.05) is 37.3 Å². The zero-order valence-corrected chi connectivity index (χ0v) is 27.3. The Morgan fingerprint density at radius 1 is 0.940 bits per heavy atom. The van der Waals surface area contributed by atoms with Crippen LogP contribution in [0.15, 0.2) is 95.9 Å². The van der Waals surface area contributed by atoms with Gasteiger partial charge >= 0.3 is 6.36 Å². The van der Waals surface area contributed by atoms with E-state index in [0.29, 0.717) is 30.5 Å². The fourth-order valence-corrected chi connectivity index (χ4v) is 7.58. The first-order chi connectivity index (χ1) is 23.9. The SMILES string of the molecule is CCOc1ccccc1S(=O)(=O)N1C(=O)C(Oc2ccc(C(=O)N3CCNCC3)cc2)(c2ccccc2OC(F)(F)F)c2cc(C#N)ccc21. The molecule has 1 N–H and O–H groups in total. The van der Waals surface area contributed by atoms with Gasteiger partial charge in [-0.05, 0) is 67.6 Å². The summed E-state index contributed by atoms with van der Waals surface area (Å²) in [5, 5.41) is 13.0. The van der Waals surface area contributed by atoms with E-state index in [-0.39, 0.29) is 46.4 Å². The van der Waals surface area contributed by atoms with E-state index in [1.807, 2.05) is 6.07 Å². The highest BCUT2D eigenvalue weighted by Gasteiger charge is 2.60. The standard InChI is InChI=1S/C35H29F3N4O7S/c1-2-47-30-9-5-6-10-31(30)50(45,46)42-28-16-11-23(22-39)21-27(28)34(33(42)44,26-7-3-4-8-29(26)49-35(36,37)38)48-25-14-12-24(13-15-25)32(43)41-19-17-40-18-20-41/h3-16,21,40H,2,17-20H2,1H3. The minimum atomic E-state index is -5.22. The first kappa shape index (κ1) is 34.3. The Balaban J connectivity index is 1.56. The Hall–Kier alpha value is -5.59. The highest BCUT2D eigenvalue weighted by Crippen LogP contribution is 2.52. The van der Waals surface area contributed by atoms with Crippen molar-refractivity contribution in [3.8, 4) is 23.3 Å². The molecule has 0 aliphatic carbocycles. The minimum Gasteiger partial charge on any atom is -0.492 e. The fraction of sp³-hybridized carbons (Fsp3) is 0.229. The Morgan fingerprint density at radius 3 is 2.26 bits per heavy atom. The smallest absolute Gasteiger partial charge is 0.492 e. The number of hydrogen-bond donors (Lipinski definition) is 1. The van der Waals surface area contributed by atoms with Crippen LogP contribution in [-0.2, 0) is 20.4 Å². The number of nitrogens with one attached hydrogen (secondary N) is 1. The molecule has 0 radical (unpaired) electrons. The first-order valence-electron chi connectivity index (χ1n) is 15.4. The second-order valence-corrected chi connectivity index (χ2v) is 12.9. The molecule has 0 saturated carbocycles. The third kappa shape index (κ3) is 6.19. The third-order valence-corrected chi connectivity index (χ3v) is 9.88. The highest BCUT2D eigenvalue weighted by atomic mass is 32.2. The van der Waals surface area contributed by atoms with Crippen LogP contribution >= 0.6 is 0 Å². The lowest BCUT2D eigenvalue weighted by Gasteiger charge is -2.32. The number of piperazine rings is 1. The molecule has 6 rings (SSSR count). The second-order valence-electron chi connectivity index (χ2n) is 11.2. The number of sulfonamides is 1. The molecule has 15 heteroatoms. The maximum Gasteiger partial charge on any atom is 0.573 e. The lowest BCUT2D eigenvalue weighted by molar-refractivity contribution is -0.275. The molecule has 1 unspecified atom stereocenters. The van der Waals surface area contributed by atoms with E-state index in [1.54, 1.807) is 11.8 Å². The van der Waals surface area contributed by atoms with Gasteiger partial charge in [0.2, 0.25) is 5.60 Å². The number of nitrogens with zero attached hydrogens (tertiary/aromatic N) is 3. The van der Waals surface area contributed by atoms with Gasteiger partial charge in [-0.2, -0.15) is 9.57 Å². The number of alkyl halides is 3. The van der Waals surface area contributed by atoms with E-state index < -0.39 is 44.1 Å². The molecule has 258 valence electrons. The van der Waals surface area contributed by atoms with E-state index in [4.69, 9.17) is 9.47 Å².